The van der Waals surface area contributed by atoms with Crippen LogP contribution in [0.3, 0.4) is 0 Å². The van der Waals surface area contributed by atoms with Crippen LogP contribution in [0.2, 0.25) is 0 Å². The lowest BCUT2D eigenvalue weighted by Gasteiger charge is -2.06. The molecule has 0 spiro atoms. The Balaban J connectivity index is 1.75. The van der Waals surface area contributed by atoms with Gasteiger partial charge in [0.1, 0.15) is 12.7 Å². The monoisotopic (exact) mass is 344 g/mol. The Bertz CT molecular complexity index is 757. The molecule has 3 rings (SSSR count). The van der Waals surface area contributed by atoms with Crippen LogP contribution in [0.1, 0.15) is 10.4 Å². The molecule has 0 aliphatic rings. The number of aromatic nitrogens is 5. The van der Waals surface area contributed by atoms with Crippen LogP contribution in [0, 0.1) is 0 Å². The fourth-order valence-corrected chi connectivity index (χ4v) is 2.03. The van der Waals surface area contributed by atoms with Gasteiger partial charge in [0.25, 0.3) is 5.91 Å². The smallest absolute Gasteiger partial charge is 0.257 e. The maximum absolute atomic E-state index is 12.1. The number of hydrogen-bond donors (Lipinski definition) is 1. The molecule has 0 aliphatic carbocycles. The molecule has 3 heterocycles. The third-order valence-electron chi connectivity index (χ3n) is 2.63. The Morgan fingerprint density at radius 1 is 1.19 bits per heavy atom. The van der Waals surface area contributed by atoms with Crippen LogP contribution in [0.5, 0.6) is 0 Å². The summed E-state index contributed by atoms with van der Waals surface area (Å²) in [5.74, 6) is 0.369. The third kappa shape index (κ3) is 3.11. The average Bonchev–Trinajstić information content (AvgIpc) is 3.02. The van der Waals surface area contributed by atoms with E-state index in [9.17, 15) is 4.79 Å². The summed E-state index contributed by atoms with van der Waals surface area (Å²) in [5.41, 5.74) is 1.05. The number of hydrogen-bond acceptors (Lipinski definition) is 5. The maximum Gasteiger partial charge on any atom is 0.257 e. The van der Waals surface area contributed by atoms with Gasteiger partial charge in [-0.1, -0.05) is 0 Å². The molecule has 0 unspecified atom stereocenters. The first-order chi connectivity index (χ1) is 10.2. The standard InChI is InChI=1S/C13H9BrN6O/c14-10-3-9(4-15-5-10)13(21)19-11-1-2-12(17-6-11)20-8-16-7-18-20/h1-8H,(H,19,21). The van der Waals surface area contributed by atoms with Crippen LogP contribution in [0.25, 0.3) is 5.82 Å². The molecule has 0 bridgehead atoms. The number of pyridine rings is 2. The predicted octanol–water partition coefficient (Wildman–Crippen LogP) is 2.07. The van der Waals surface area contributed by atoms with Gasteiger partial charge in [0.15, 0.2) is 5.82 Å². The minimum Gasteiger partial charge on any atom is -0.321 e. The lowest BCUT2D eigenvalue weighted by Crippen LogP contribution is -2.12. The number of nitrogens with one attached hydrogen (secondary N) is 1. The molecule has 104 valence electrons. The largest absolute Gasteiger partial charge is 0.321 e. The molecule has 0 saturated carbocycles. The highest BCUT2D eigenvalue weighted by Gasteiger charge is 2.07. The molecule has 3 aromatic heterocycles. The molecule has 21 heavy (non-hydrogen) atoms. The lowest BCUT2D eigenvalue weighted by atomic mass is 10.2. The number of nitrogens with zero attached hydrogens (tertiary/aromatic N) is 5. The van der Waals surface area contributed by atoms with Gasteiger partial charge >= 0.3 is 0 Å². The molecular weight excluding hydrogens is 336 g/mol. The molecule has 0 atom stereocenters. The van der Waals surface area contributed by atoms with Crippen LogP contribution in [0.4, 0.5) is 5.69 Å². The third-order valence-corrected chi connectivity index (χ3v) is 3.06. The normalized spacial score (nSPS) is 10.3. The highest BCUT2D eigenvalue weighted by molar-refractivity contribution is 9.10. The fraction of sp³-hybridized carbons (Fsp3) is 0. The number of halogens is 1. The molecule has 0 aliphatic heterocycles. The van der Waals surface area contributed by atoms with Gasteiger partial charge in [-0.05, 0) is 34.1 Å². The van der Waals surface area contributed by atoms with E-state index >= 15 is 0 Å². The zero-order chi connectivity index (χ0) is 14.7. The zero-order valence-electron chi connectivity index (χ0n) is 10.6. The molecular formula is C13H9BrN6O. The van der Waals surface area contributed by atoms with Crippen LogP contribution in [-0.4, -0.2) is 30.6 Å². The molecule has 0 aromatic carbocycles. The molecule has 1 amide bonds. The number of anilines is 1. The molecule has 3 aromatic rings. The quantitative estimate of drug-likeness (QED) is 0.785. The van der Waals surface area contributed by atoms with Gasteiger partial charge in [0.05, 0.1) is 17.4 Å². The Morgan fingerprint density at radius 2 is 2.10 bits per heavy atom. The van der Waals surface area contributed by atoms with Crippen molar-refractivity contribution in [2.45, 2.75) is 0 Å². The average molecular weight is 345 g/mol. The molecule has 0 saturated heterocycles. The fourth-order valence-electron chi connectivity index (χ4n) is 1.66. The van der Waals surface area contributed by atoms with E-state index < -0.39 is 0 Å². The van der Waals surface area contributed by atoms with Crippen molar-refractivity contribution in [3.05, 3.63) is 59.5 Å². The van der Waals surface area contributed by atoms with Gasteiger partial charge in [-0.25, -0.2) is 14.6 Å². The van der Waals surface area contributed by atoms with Crippen molar-refractivity contribution in [3.8, 4) is 5.82 Å². The highest BCUT2D eigenvalue weighted by atomic mass is 79.9. The Kier molecular flexibility index (Phi) is 3.69. The van der Waals surface area contributed by atoms with Gasteiger partial charge in [-0.3, -0.25) is 9.78 Å². The van der Waals surface area contributed by atoms with Gasteiger partial charge in [0.2, 0.25) is 0 Å². The van der Waals surface area contributed by atoms with Crippen molar-refractivity contribution in [2.24, 2.45) is 0 Å². The van der Waals surface area contributed by atoms with Gasteiger partial charge < -0.3 is 5.32 Å². The van der Waals surface area contributed by atoms with E-state index in [4.69, 9.17) is 0 Å². The van der Waals surface area contributed by atoms with E-state index in [-0.39, 0.29) is 5.91 Å². The van der Waals surface area contributed by atoms with Crippen molar-refractivity contribution in [1.82, 2.24) is 24.7 Å². The van der Waals surface area contributed by atoms with Crippen molar-refractivity contribution >= 4 is 27.5 Å². The van der Waals surface area contributed by atoms with E-state index in [0.29, 0.717) is 17.1 Å². The first-order valence-electron chi connectivity index (χ1n) is 5.95. The van der Waals surface area contributed by atoms with E-state index in [1.54, 1.807) is 36.9 Å². The van der Waals surface area contributed by atoms with Crippen molar-refractivity contribution in [2.75, 3.05) is 5.32 Å². The van der Waals surface area contributed by atoms with E-state index in [1.165, 1.54) is 17.2 Å². The second-order valence-corrected chi connectivity index (χ2v) is 5.01. The summed E-state index contributed by atoms with van der Waals surface area (Å²) < 4.78 is 2.28. The Morgan fingerprint density at radius 3 is 2.76 bits per heavy atom. The second kappa shape index (κ2) is 5.80. The van der Waals surface area contributed by atoms with E-state index in [1.807, 2.05) is 0 Å². The lowest BCUT2D eigenvalue weighted by molar-refractivity contribution is 0.102. The summed E-state index contributed by atoms with van der Waals surface area (Å²) in [6, 6.07) is 5.18. The second-order valence-electron chi connectivity index (χ2n) is 4.09. The van der Waals surface area contributed by atoms with Crippen LogP contribution in [-0.2, 0) is 0 Å². The van der Waals surface area contributed by atoms with E-state index in [0.717, 1.165) is 4.47 Å². The van der Waals surface area contributed by atoms with Gasteiger partial charge in [-0.15, -0.1) is 0 Å². The summed E-state index contributed by atoms with van der Waals surface area (Å²) >= 11 is 3.28. The van der Waals surface area contributed by atoms with E-state index in [2.05, 4.69) is 41.3 Å². The van der Waals surface area contributed by atoms with Crippen molar-refractivity contribution < 1.29 is 4.79 Å². The summed E-state index contributed by atoms with van der Waals surface area (Å²) in [6.07, 6.45) is 7.65. The predicted molar refractivity (Wildman–Crippen MR) is 79.0 cm³/mol. The minimum absolute atomic E-state index is 0.251. The number of amides is 1. The summed E-state index contributed by atoms with van der Waals surface area (Å²) in [4.78, 5) is 24.1. The highest BCUT2D eigenvalue weighted by Crippen LogP contribution is 2.13. The molecule has 8 heteroatoms. The van der Waals surface area contributed by atoms with Crippen LogP contribution >= 0.6 is 15.9 Å². The van der Waals surface area contributed by atoms with Gasteiger partial charge in [0, 0.05) is 16.9 Å². The number of rotatable bonds is 3. The number of carbonyl (C=O) groups is 1. The minimum atomic E-state index is -0.251. The Labute approximate surface area is 128 Å². The van der Waals surface area contributed by atoms with Gasteiger partial charge in [-0.2, -0.15) is 5.10 Å². The van der Waals surface area contributed by atoms with Crippen molar-refractivity contribution in [1.29, 1.82) is 0 Å². The first kappa shape index (κ1) is 13.4. The van der Waals surface area contributed by atoms with Crippen LogP contribution in [0.15, 0.2) is 53.9 Å². The Hall–Kier alpha value is -2.61. The number of carbonyl (C=O) groups excluding carboxylic acids is 1. The summed E-state index contributed by atoms with van der Waals surface area (Å²) in [5, 5.41) is 6.73. The first-order valence-corrected chi connectivity index (χ1v) is 6.74. The van der Waals surface area contributed by atoms with Crippen LogP contribution < -0.4 is 5.32 Å². The maximum atomic E-state index is 12.1. The SMILES string of the molecule is O=C(Nc1ccc(-n2cncn2)nc1)c1cncc(Br)c1. The summed E-state index contributed by atoms with van der Waals surface area (Å²) in [7, 11) is 0. The zero-order valence-corrected chi connectivity index (χ0v) is 12.2. The van der Waals surface area contributed by atoms with Crippen molar-refractivity contribution in [3.63, 3.8) is 0 Å². The molecule has 0 radical (unpaired) electrons. The topological polar surface area (TPSA) is 85.6 Å². The summed E-state index contributed by atoms with van der Waals surface area (Å²) in [6.45, 7) is 0. The molecule has 0 fully saturated rings. The molecule has 1 N–H and O–H groups in total. The molecule has 7 nitrogen and oxygen atoms in total.